The first-order chi connectivity index (χ1) is 37.2. The van der Waals surface area contributed by atoms with Crippen LogP contribution in [0.5, 0.6) is 0 Å². The lowest BCUT2D eigenvalue weighted by Gasteiger charge is -2.33. The zero-order valence-corrected chi connectivity index (χ0v) is 41.1. The number of anilines is 6. The van der Waals surface area contributed by atoms with Gasteiger partial charge in [-0.05, 0) is 172 Å². The Bertz CT molecular complexity index is 4270. The second-order valence-corrected chi connectivity index (χ2v) is 19.9. The van der Waals surface area contributed by atoms with Gasteiger partial charge in [0.2, 0.25) is 0 Å². The Morgan fingerprint density at radius 1 is 0.227 bits per heavy atom. The zero-order valence-electron chi connectivity index (χ0n) is 41.1. The van der Waals surface area contributed by atoms with E-state index in [4.69, 9.17) is 0 Å². The summed E-state index contributed by atoms with van der Waals surface area (Å²) in [5.74, 6) is 0. The van der Waals surface area contributed by atoms with Crippen LogP contribution in [0, 0.1) is 0 Å². The van der Waals surface area contributed by atoms with Crippen molar-refractivity contribution in [2.24, 2.45) is 0 Å². The first kappa shape index (κ1) is 42.9. The van der Waals surface area contributed by atoms with Crippen molar-refractivity contribution in [2.75, 3.05) is 9.80 Å². The van der Waals surface area contributed by atoms with Crippen LogP contribution in [0.2, 0.25) is 0 Å². The molecule has 75 heavy (non-hydrogen) atoms. The second kappa shape index (κ2) is 17.2. The maximum Gasteiger partial charge on any atom is 0.0737 e. The molecule has 0 N–H and O–H groups in total. The third kappa shape index (κ3) is 6.60. The molecule has 15 rings (SSSR count). The molecule has 0 saturated carbocycles. The van der Waals surface area contributed by atoms with E-state index >= 15 is 0 Å². The van der Waals surface area contributed by atoms with Crippen molar-refractivity contribution in [3.05, 3.63) is 313 Å². The fourth-order valence-corrected chi connectivity index (χ4v) is 12.9. The molecule has 0 aliphatic heterocycles. The molecule has 2 heteroatoms. The Labute approximate surface area is 437 Å². The number of nitrogens with zero attached hydrogens (tertiary/aromatic N) is 2. The molecule has 13 aromatic carbocycles. The van der Waals surface area contributed by atoms with Gasteiger partial charge in [0.1, 0.15) is 0 Å². The lowest BCUT2D eigenvalue weighted by molar-refractivity contribution is 0.809. The van der Waals surface area contributed by atoms with Gasteiger partial charge in [0.15, 0.2) is 0 Å². The number of hydrogen-bond acceptors (Lipinski definition) is 2. The predicted octanol–water partition coefficient (Wildman–Crippen LogP) is 19.8. The highest BCUT2D eigenvalue weighted by Crippen LogP contribution is 2.67. The van der Waals surface area contributed by atoms with Gasteiger partial charge in [-0.1, -0.05) is 218 Å². The maximum absolute atomic E-state index is 2.45. The van der Waals surface area contributed by atoms with Crippen molar-refractivity contribution in [1.82, 2.24) is 0 Å². The summed E-state index contributed by atoms with van der Waals surface area (Å²) in [5.41, 5.74) is 21.4. The van der Waals surface area contributed by atoms with Gasteiger partial charge < -0.3 is 9.80 Å². The van der Waals surface area contributed by atoms with Crippen LogP contribution in [-0.4, -0.2) is 0 Å². The first-order valence-electron chi connectivity index (χ1n) is 26.0. The Morgan fingerprint density at radius 3 is 1.19 bits per heavy atom. The van der Waals surface area contributed by atoms with E-state index in [-0.39, 0.29) is 0 Å². The minimum atomic E-state index is -0.610. The summed E-state index contributed by atoms with van der Waals surface area (Å²) >= 11 is 0. The summed E-state index contributed by atoms with van der Waals surface area (Å²) < 4.78 is 0. The molecule has 0 atom stereocenters. The molecular weight excluding hydrogens is 905 g/mol. The van der Waals surface area contributed by atoms with Crippen molar-refractivity contribution in [1.29, 1.82) is 0 Å². The Kier molecular flexibility index (Phi) is 9.83. The third-order valence-corrected chi connectivity index (χ3v) is 16.0. The molecular formula is C73H48N2. The van der Waals surface area contributed by atoms with Gasteiger partial charge in [-0.2, -0.15) is 0 Å². The Balaban J connectivity index is 0.966. The maximum atomic E-state index is 2.45. The Morgan fingerprint density at radius 2 is 0.640 bits per heavy atom. The minimum Gasteiger partial charge on any atom is -0.310 e. The standard InChI is InChI=1S/C73H48N2/c1-5-19-49(20-6-1)51-33-38-56(39-34-51)74(54-23-9-3-10-24-54)58-42-45-60-53(47-58)37-44-66-70-64-30-14-13-27-61(64)67-48-59(75(55-25-11-4-12-26-55)57-40-35-52(36-41-57)50-21-7-2-8-22-50)43-46-65(67)72(70)73(71(60)66)68-31-17-15-28-62(68)63-29-16-18-32-69(63)73/h1-48H. The second-order valence-electron chi connectivity index (χ2n) is 19.9. The summed E-state index contributed by atoms with van der Waals surface area (Å²) in [4.78, 5) is 4.80. The van der Waals surface area contributed by atoms with Crippen molar-refractivity contribution in [2.45, 2.75) is 5.41 Å². The van der Waals surface area contributed by atoms with Gasteiger partial charge in [0, 0.05) is 34.1 Å². The van der Waals surface area contributed by atoms with Crippen molar-refractivity contribution >= 4 is 66.4 Å². The molecule has 0 bridgehead atoms. The molecule has 13 aromatic rings. The van der Waals surface area contributed by atoms with Gasteiger partial charge in [0.05, 0.1) is 5.41 Å². The van der Waals surface area contributed by atoms with Crippen LogP contribution in [0.3, 0.4) is 0 Å². The predicted molar refractivity (Wildman–Crippen MR) is 315 cm³/mol. The average molecular weight is 953 g/mol. The summed E-state index contributed by atoms with van der Waals surface area (Å²) in [6.07, 6.45) is 0. The van der Waals surface area contributed by atoms with Crippen LogP contribution in [-0.2, 0) is 5.41 Å². The molecule has 2 aliphatic carbocycles. The van der Waals surface area contributed by atoms with Crippen molar-refractivity contribution in [3.8, 4) is 44.5 Å². The van der Waals surface area contributed by atoms with E-state index in [1.54, 1.807) is 0 Å². The summed E-state index contributed by atoms with van der Waals surface area (Å²) in [6, 6.07) is 108. The van der Waals surface area contributed by atoms with Crippen molar-refractivity contribution in [3.63, 3.8) is 0 Å². The smallest absolute Gasteiger partial charge is 0.0737 e. The lowest BCUT2D eigenvalue weighted by Crippen LogP contribution is -2.26. The van der Waals surface area contributed by atoms with Crippen molar-refractivity contribution < 1.29 is 0 Å². The van der Waals surface area contributed by atoms with E-state index in [1.807, 2.05) is 0 Å². The molecule has 0 amide bonds. The van der Waals surface area contributed by atoms with Gasteiger partial charge in [-0.3, -0.25) is 0 Å². The summed E-state index contributed by atoms with van der Waals surface area (Å²) in [7, 11) is 0. The number of fused-ring (bicyclic) bond motifs is 17. The molecule has 2 nitrogen and oxygen atoms in total. The van der Waals surface area contributed by atoms with E-state index in [0.29, 0.717) is 0 Å². The molecule has 0 radical (unpaired) electrons. The van der Waals surface area contributed by atoms with Crippen LogP contribution in [0.1, 0.15) is 22.3 Å². The molecule has 350 valence electrons. The monoisotopic (exact) mass is 952 g/mol. The molecule has 0 fully saturated rings. The average Bonchev–Trinajstić information content (AvgIpc) is 4.03. The number of para-hydroxylation sites is 2. The number of benzene rings is 13. The molecule has 0 heterocycles. The highest BCUT2D eigenvalue weighted by Gasteiger charge is 2.53. The van der Waals surface area contributed by atoms with Gasteiger partial charge in [0.25, 0.3) is 0 Å². The van der Waals surface area contributed by atoms with E-state index in [2.05, 4.69) is 301 Å². The van der Waals surface area contributed by atoms with E-state index in [1.165, 1.54) is 99.1 Å². The number of rotatable bonds is 8. The van der Waals surface area contributed by atoms with Crippen LogP contribution in [0.15, 0.2) is 291 Å². The van der Waals surface area contributed by atoms with Gasteiger partial charge >= 0.3 is 0 Å². The molecule has 1 spiro atoms. The van der Waals surface area contributed by atoms with Gasteiger partial charge in [-0.15, -0.1) is 0 Å². The number of hydrogen-bond donors (Lipinski definition) is 0. The molecule has 2 aliphatic rings. The third-order valence-electron chi connectivity index (χ3n) is 16.0. The van der Waals surface area contributed by atoms with Crippen LogP contribution < -0.4 is 9.80 Å². The van der Waals surface area contributed by atoms with Crippen LogP contribution >= 0.6 is 0 Å². The zero-order chi connectivity index (χ0) is 49.5. The minimum absolute atomic E-state index is 0.610. The topological polar surface area (TPSA) is 6.48 Å². The summed E-state index contributed by atoms with van der Waals surface area (Å²) in [5, 5.41) is 7.48. The fourth-order valence-electron chi connectivity index (χ4n) is 12.9. The Hall–Kier alpha value is -9.76. The lowest BCUT2D eigenvalue weighted by atomic mass is 9.68. The largest absolute Gasteiger partial charge is 0.310 e. The quantitative estimate of drug-likeness (QED) is 0.140. The molecule has 0 aromatic heterocycles. The van der Waals surface area contributed by atoms with E-state index in [0.717, 1.165) is 34.1 Å². The molecule has 0 unspecified atom stereocenters. The van der Waals surface area contributed by atoms with E-state index in [9.17, 15) is 0 Å². The SMILES string of the molecule is c1ccc(-c2ccc(N(c3ccccc3)c3ccc4c5c(ccc4c3)-c3c(c4ccc(N(c6ccccc6)c6ccc(-c7ccccc7)cc6)cc4c4ccccc34)C53c4ccccc4-c4ccccc43)cc2)cc1. The fraction of sp³-hybridized carbons (Fsp3) is 0.0137. The highest BCUT2D eigenvalue weighted by molar-refractivity contribution is 6.22. The normalized spacial score (nSPS) is 12.6. The highest BCUT2D eigenvalue weighted by atomic mass is 15.1. The molecule has 0 saturated heterocycles. The van der Waals surface area contributed by atoms with Crippen LogP contribution in [0.25, 0.3) is 76.8 Å². The first-order valence-corrected chi connectivity index (χ1v) is 26.0. The van der Waals surface area contributed by atoms with Gasteiger partial charge in [-0.25, -0.2) is 0 Å². The summed E-state index contributed by atoms with van der Waals surface area (Å²) in [6.45, 7) is 0. The van der Waals surface area contributed by atoms with E-state index < -0.39 is 5.41 Å². The van der Waals surface area contributed by atoms with Crippen LogP contribution in [0.4, 0.5) is 34.1 Å².